The molecule has 0 aromatic carbocycles. The minimum absolute atomic E-state index is 0.454. The van der Waals surface area contributed by atoms with Crippen molar-refractivity contribution in [1.82, 2.24) is 5.73 Å². The van der Waals surface area contributed by atoms with Crippen LogP contribution in [0.15, 0.2) is 0 Å². The zero-order valence-corrected chi connectivity index (χ0v) is 3.70. The lowest BCUT2D eigenvalue weighted by molar-refractivity contribution is 0.863. The van der Waals surface area contributed by atoms with Gasteiger partial charge in [-0.2, -0.15) is 0 Å². The molecule has 0 aliphatic heterocycles. The highest BCUT2D eigenvalue weighted by molar-refractivity contribution is 5.52. The molecule has 0 unspecified atom stereocenters. The van der Waals surface area contributed by atoms with Crippen molar-refractivity contribution in [3.63, 3.8) is 0 Å². The van der Waals surface area contributed by atoms with Crippen molar-refractivity contribution in [2.75, 3.05) is 6.54 Å². The molecule has 0 amide bonds. The summed E-state index contributed by atoms with van der Waals surface area (Å²) < 4.78 is 0. The van der Waals surface area contributed by atoms with E-state index in [2.05, 4.69) is 0 Å². The lowest BCUT2D eigenvalue weighted by Crippen LogP contribution is -1.83. The summed E-state index contributed by atoms with van der Waals surface area (Å²) in [6.07, 6.45) is 2.95. The second kappa shape index (κ2) is 4.63. The number of hydrogen-bond donors (Lipinski definition) is 1. The van der Waals surface area contributed by atoms with E-state index in [4.69, 9.17) is 11.1 Å². The summed E-state index contributed by atoms with van der Waals surface area (Å²) in [6.45, 7) is 0.454. The predicted molar refractivity (Wildman–Crippen MR) is 26.0 cm³/mol. The maximum atomic E-state index is 6.60. The zero-order chi connectivity index (χ0) is 4.83. The molecule has 0 aliphatic rings. The van der Waals surface area contributed by atoms with E-state index in [0.29, 0.717) is 6.54 Å². The summed E-state index contributed by atoms with van der Waals surface area (Å²) in [6, 6.07) is 0. The molecule has 0 saturated heterocycles. The number of rotatable bonds is 3. The molecule has 0 saturated carbocycles. The maximum Gasteiger partial charge on any atom is 0.0103 e. The van der Waals surface area contributed by atoms with E-state index < -0.39 is 0 Å². The highest BCUT2D eigenvalue weighted by Gasteiger charge is 1.73. The molecular formula is C4H9N2. The van der Waals surface area contributed by atoms with Crippen molar-refractivity contribution in [1.29, 1.82) is 5.41 Å². The lowest BCUT2D eigenvalue weighted by atomic mass is 10.3. The van der Waals surface area contributed by atoms with Gasteiger partial charge in [-0.1, -0.05) is 0 Å². The van der Waals surface area contributed by atoms with E-state index in [1.54, 1.807) is 0 Å². The van der Waals surface area contributed by atoms with Crippen LogP contribution in [0.25, 0.3) is 0 Å². The van der Waals surface area contributed by atoms with Crippen LogP contribution in [0.4, 0.5) is 0 Å². The first-order chi connectivity index (χ1) is 2.91. The van der Waals surface area contributed by atoms with Gasteiger partial charge in [0.25, 0.3) is 0 Å². The van der Waals surface area contributed by atoms with Crippen LogP contribution in [0.3, 0.4) is 0 Å². The van der Waals surface area contributed by atoms with Crippen LogP contribution >= 0.6 is 0 Å². The van der Waals surface area contributed by atoms with Gasteiger partial charge in [-0.05, 0) is 19.1 Å². The Morgan fingerprint density at radius 3 is 2.33 bits per heavy atom. The molecule has 0 heterocycles. The maximum absolute atomic E-state index is 6.60. The molecule has 0 fully saturated rings. The summed E-state index contributed by atoms with van der Waals surface area (Å²) >= 11 is 0. The fourth-order valence-corrected chi connectivity index (χ4v) is 0.204. The van der Waals surface area contributed by atoms with Crippen molar-refractivity contribution in [2.24, 2.45) is 0 Å². The van der Waals surface area contributed by atoms with Crippen molar-refractivity contribution in [3.05, 3.63) is 0 Å². The molecule has 0 bridgehead atoms. The summed E-state index contributed by atoms with van der Waals surface area (Å²) in [5, 5.41) is 6.50. The van der Waals surface area contributed by atoms with E-state index in [1.165, 1.54) is 6.21 Å². The lowest BCUT2D eigenvalue weighted by Gasteiger charge is -1.80. The van der Waals surface area contributed by atoms with Crippen molar-refractivity contribution in [3.8, 4) is 0 Å². The number of unbranched alkanes of at least 4 members (excludes halogenated alkanes) is 1. The van der Waals surface area contributed by atoms with Crippen LogP contribution in [-0.4, -0.2) is 12.8 Å². The molecule has 2 nitrogen and oxygen atoms in total. The van der Waals surface area contributed by atoms with Crippen molar-refractivity contribution < 1.29 is 0 Å². The normalized spacial score (nSPS) is 8.17. The smallest absolute Gasteiger partial charge is 0.0103 e. The molecule has 0 aliphatic carbocycles. The SMILES string of the molecule is [NH]CCCC=N. The van der Waals surface area contributed by atoms with Crippen LogP contribution in [0.2, 0.25) is 0 Å². The zero-order valence-electron chi connectivity index (χ0n) is 3.70. The fraction of sp³-hybridized carbons (Fsp3) is 0.750. The number of hydrogen-bond acceptors (Lipinski definition) is 1. The first-order valence-corrected chi connectivity index (χ1v) is 2.05. The first kappa shape index (κ1) is 5.63. The highest BCUT2D eigenvalue weighted by atomic mass is 14.5. The minimum Gasteiger partial charge on any atom is -0.313 e. The highest BCUT2D eigenvalue weighted by Crippen LogP contribution is 1.76. The Labute approximate surface area is 37.9 Å². The van der Waals surface area contributed by atoms with Gasteiger partial charge < -0.3 is 5.41 Å². The Bertz CT molecular complexity index is 34.5. The fourth-order valence-electron chi connectivity index (χ4n) is 0.204. The Morgan fingerprint density at radius 1 is 1.50 bits per heavy atom. The third kappa shape index (κ3) is 3.63. The molecule has 35 valence electrons. The second-order valence-electron chi connectivity index (χ2n) is 1.10. The van der Waals surface area contributed by atoms with E-state index in [9.17, 15) is 0 Å². The molecule has 0 aromatic heterocycles. The van der Waals surface area contributed by atoms with Gasteiger partial charge in [-0.15, -0.1) is 0 Å². The Kier molecular flexibility index (Phi) is 4.34. The van der Waals surface area contributed by atoms with Crippen LogP contribution in [-0.2, 0) is 0 Å². The van der Waals surface area contributed by atoms with Crippen LogP contribution in [0.1, 0.15) is 12.8 Å². The topological polar surface area (TPSA) is 47.7 Å². The third-order valence-corrected chi connectivity index (χ3v) is 0.525. The molecule has 2 heteroatoms. The standard InChI is InChI=1S/C4H9N2/c5-3-1-2-4-6/h3,5-6H,1-2,4H2. The molecule has 0 aromatic rings. The molecule has 0 atom stereocenters. The molecule has 0 rings (SSSR count). The number of nitrogens with one attached hydrogen (secondary N) is 2. The monoisotopic (exact) mass is 85.1 g/mol. The summed E-state index contributed by atoms with van der Waals surface area (Å²) in [4.78, 5) is 0. The first-order valence-electron chi connectivity index (χ1n) is 2.05. The van der Waals surface area contributed by atoms with E-state index in [1.807, 2.05) is 0 Å². The van der Waals surface area contributed by atoms with Gasteiger partial charge in [0.2, 0.25) is 0 Å². The quantitative estimate of drug-likeness (QED) is 0.387. The predicted octanol–water partition coefficient (Wildman–Crippen LogP) is 0.699. The van der Waals surface area contributed by atoms with Crippen molar-refractivity contribution in [2.45, 2.75) is 12.8 Å². The van der Waals surface area contributed by atoms with Gasteiger partial charge in [0, 0.05) is 6.54 Å². The Balaban J connectivity index is 2.49. The summed E-state index contributed by atoms with van der Waals surface area (Å²) in [5.41, 5.74) is 6.60. The Hall–Kier alpha value is -0.370. The van der Waals surface area contributed by atoms with Crippen LogP contribution in [0, 0.1) is 5.41 Å². The molecule has 0 spiro atoms. The van der Waals surface area contributed by atoms with E-state index in [0.717, 1.165) is 12.8 Å². The summed E-state index contributed by atoms with van der Waals surface area (Å²) in [5.74, 6) is 0. The van der Waals surface area contributed by atoms with Gasteiger partial charge in [-0.3, -0.25) is 5.73 Å². The van der Waals surface area contributed by atoms with Crippen LogP contribution in [0.5, 0.6) is 0 Å². The molecular weight excluding hydrogens is 76.1 g/mol. The third-order valence-electron chi connectivity index (χ3n) is 0.525. The average molecular weight is 85.1 g/mol. The second-order valence-corrected chi connectivity index (χ2v) is 1.10. The summed E-state index contributed by atoms with van der Waals surface area (Å²) in [7, 11) is 0. The van der Waals surface area contributed by atoms with E-state index >= 15 is 0 Å². The van der Waals surface area contributed by atoms with Gasteiger partial charge in [0.15, 0.2) is 0 Å². The molecule has 1 radical (unpaired) electrons. The van der Waals surface area contributed by atoms with Gasteiger partial charge >= 0.3 is 0 Å². The van der Waals surface area contributed by atoms with Crippen LogP contribution < -0.4 is 5.73 Å². The Morgan fingerprint density at radius 2 is 2.17 bits per heavy atom. The largest absolute Gasteiger partial charge is 0.313 e. The minimum atomic E-state index is 0.454. The van der Waals surface area contributed by atoms with Crippen molar-refractivity contribution >= 4 is 6.21 Å². The van der Waals surface area contributed by atoms with Gasteiger partial charge in [-0.25, -0.2) is 0 Å². The molecule has 6 heavy (non-hydrogen) atoms. The van der Waals surface area contributed by atoms with E-state index in [-0.39, 0.29) is 0 Å². The van der Waals surface area contributed by atoms with Gasteiger partial charge in [0.1, 0.15) is 0 Å². The van der Waals surface area contributed by atoms with Gasteiger partial charge in [0.05, 0.1) is 0 Å². The molecule has 2 N–H and O–H groups in total. The average Bonchev–Trinajstić information content (AvgIpc) is 1.61.